The van der Waals surface area contributed by atoms with Crippen LogP contribution in [0, 0.1) is 0 Å². The molecule has 0 saturated heterocycles. The molecule has 0 spiro atoms. The molecule has 0 heteroatoms. The van der Waals surface area contributed by atoms with Gasteiger partial charge < -0.3 is 0 Å². The highest BCUT2D eigenvalue weighted by molar-refractivity contribution is 6.58. The second kappa shape index (κ2) is 6.31. The summed E-state index contributed by atoms with van der Waals surface area (Å²) in [5, 5.41) is 31.4. The van der Waals surface area contributed by atoms with Crippen molar-refractivity contribution in [3.8, 4) is 0 Å². The van der Waals surface area contributed by atoms with Gasteiger partial charge in [0.05, 0.1) is 0 Å². The molecule has 0 unspecified atom stereocenters. The Bertz CT molecular complexity index is 2980. The Morgan fingerprint density at radius 3 is 0.698 bits per heavy atom. The number of hydrogen-bond acceptors (Lipinski definition) is 0. The molecule has 0 radical (unpaired) electrons. The van der Waals surface area contributed by atoms with Gasteiger partial charge in [0.25, 0.3) is 0 Å². The van der Waals surface area contributed by atoms with E-state index >= 15 is 0 Å². The molecular formula is C43H20. The topological polar surface area (TPSA) is 0 Å². The van der Waals surface area contributed by atoms with Crippen LogP contribution in [0.4, 0.5) is 0 Å². The first-order chi connectivity index (χ1) is 21.4. The first-order valence-electron chi connectivity index (χ1n) is 15.4. The molecule has 0 aliphatic heterocycles. The molecule has 12 aromatic rings. The second-order valence-corrected chi connectivity index (χ2v) is 13.0. The van der Waals surface area contributed by atoms with Gasteiger partial charge in [-0.15, -0.1) is 0 Å². The third-order valence-electron chi connectivity index (χ3n) is 11.4. The summed E-state index contributed by atoms with van der Waals surface area (Å²) < 4.78 is 0. The van der Waals surface area contributed by atoms with Gasteiger partial charge in [-0.05, 0) is 136 Å². The second-order valence-electron chi connectivity index (χ2n) is 13.0. The number of hydrogen-bond donors (Lipinski definition) is 0. The molecule has 0 saturated carbocycles. The van der Waals surface area contributed by atoms with Gasteiger partial charge in [0, 0.05) is 0 Å². The summed E-state index contributed by atoms with van der Waals surface area (Å²) in [7, 11) is 0. The fourth-order valence-corrected chi connectivity index (χ4v) is 10.1. The number of rotatable bonds is 0. The Labute approximate surface area is 244 Å². The SMILES string of the molecule is c1cc2c3c(c1)c1cccc4c5cccc6c7cccc8c9cccc%10c%11cccc(c%11c%11c3c(c14)c(c56)c(c87)c%11c%109)C2. The average Bonchev–Trinajstić information content (AvgIpc) is 3.21. The minimum absolute atomic E-state index is 0.957. The van der Waals surface area contributed by atoms with Crippen molar-refractivity contribution >= 4 is 118 Å². The molecule has 13 rings (SSSR count). The van der Waals surface area contributed by atoms with Gasteiger partial charge in [0.1, 0.15) is 0 Å². The van der Waals surface area contributed by atoms with Crippen LogP contribution in [0.3, 0.4) is 0 Å². The molecule has 0 bridgehead atoms. The Kier molecular flexibility index (Phi) is 3.00. The van der Waals surface area contributed by atoms with Crippen LogP contribution in [0.2, 0.25) is 0 Å². The average molecular weight is 537 g/mol. The van der Waals surface area contributed by atoms with Crippen molar-refractivity contribution in [1.29, 1.82) is 0 Å². The first-order valence-corrected chi connectivity index (χ1v) is 15.4. The largest absolute Gasteiger partial charge is 0.0613 e. The summed E-state index contributed by atoms with van der Waals surface area (Å²) in [5.74, 6) is 0. The Morgan fingerprint density at radius 2 is 0.419 bits per heavy atom. The predicted octanol–water partition coefficient (Wildman–Crippen LogP) is 12.0. The van der Waals surface area contributed by atoms with Crippen LogP contribution in [-0.4, -0.2) is 0 Å². The highest BCUT2D eigenvalue weighted by Crippen LogP contribution is 2.59. The molecule has 0 N–H and O–H groups in total. The third-order valence-corrected chi connectivity index (χ3v) is 11.4. The van der Waals surface area contributed by atoms with E-state index in [2.05, 4.69) is 109 Å². The Hall–Kier alpha value is -5.46. The monoisotopic (exact) mass is 536 g/mol. The zero-order valence-electron chi connectivity index (χ0n) is 23.1. The molecule has 0 aromatic heterocycles. The van der Waals surface area contributed by atoms with Crippen molar-refractivity contribution in [2.45, 2.75) is 6.42 Å². The third kappa shape index (κ3) is 1.92. The van der Waals surface area contributed by atoms with Crippen LogP contribution in [0.1, 0.15) is 11.1 Å². The molecule has 43 heavy (non-hydrogen) atoms. The summed E-state index contributed by atoms with van der Waals surface area (Å²) in [5.41, 5.74) is 2.90. The van der Waals surface area contributed by atoms with Crippen LogP contribution in [0.25, 0.3) is 118 Å². The highest BCUT2D eigenvalue weighted by Gasteiger charge is 2.30. The zero-order chi connectivity index (χ0) is 27.3. The quantitative estimate of drug-likeness (QED) is 0.134. The minimum Gasteiger partial charge on any atom is -0.0613 e. The molecular weight excluding hydrogens is 516 g/mol. The van der Waals surface area contributed by atoms with Gasteiger partial charge in [-0.2, -0.15) is 0 Å². The van der Waals surface area contributed by atoms with Crippen molar-refractivity contribution in [2.75, 3.05) is 0 Å². The molecule has 0 atom stereocenters. The first kappa shape index (κ1) is 20.4. The fourth-order valence-electron chi connectivity index (χ4n) is 10.1. The lowest BCUT2D eigenvalue weighted by Gasteiger charge is -2.27. The van der Waals surface area contributed by atoms with Crippen LogP contribution in [-0.2, 0) is 6.42 Å². The smallest absolute Gasteiger partial charge is 0.0000478 e. The van der Waals surface area contributed by atoms with E-state index in [1.807, 2.05) is 0 Å². The van der Waals surface area contributed by atoms with Gasteiger partial charge in [-0.1, -0.05) is 109 Å². The zero-order valence-corrected chi connectivity index (χ0v) is 23.1. The van der Waals surface area contributed by atoms with Crippen LogP contribution in [0.5, 0.6) is 0 Å². The van der Waals surface area contributed by atoms with Crippen LogP contribution < -0.4 is 0 Å². The van der Waals surface area contributed by atoms with E-state index in [0.29, 0.717) is 0 Å². The van der Waals surface area contributed by atoms with E-state index in [4.69, 9.17) is 0 Å². The van der Waals surface area contributed by atoms with Gasteiger partial charge in [0.2, 0.25) is 0 Å². The lowest BCUT2D eigenvalue weighted by atomic mass is 9.75. The van der Waals surface area contributed by atoms with Crippen LogP contribution >= 0.6 is 0 Å². The lowest BCUT2D eigenvalue weighted by Crippen LogP contribution is -1.98. The maximum absolute atomic E-state index is 2.39. The van der Waals surface area contributed by atoms with E-state index in [0.717, 1.165) is 6.42 Å². The lowest BCUT2D eigenvalue weighted by molar-refractivity contribution is 1.25. The molecule has 1 aliphatic carbocycles. The van der Waals surface area contributed by atoms with E-state index in [1.165, 1.54) is 130 Å². The van der Waals surface area contributed by atoms with Crippen molar-refractivity contribution in [1.82, 2.24) is 0 Å². The minimum atomic E-state index is 0.957. The summed E-state index contributed by atoms with van der Waals surface area (Å²) in [4.78, 5) is 0. The maximum Gasteiger partial charge on any atom is -0.0000478 e. The summed E-state index contributed by atoms with van der Waals surface area (Å²) in [6.45, 7) is 0. The van der Waals surface area contributed by atoms with E-state index in [1.54, 1.807) is 0 Å². The molecule has 0 fully saturated rings. The van der Waals surface area contributed by atoms with Gasteiger partial charge in [-0.25, -0.2) is 0 Å². The maximum atomic E-state index is 2.39. The molecule has 12 aromatic carbocycles. The summed E-state index contributed by atoms with van der Waals surface area (Å²) >= 11 is 0. The normalized spacial score (nSPS) is 14.0. The number of fused-ring (bicyclic) bond motifs is 5. The van der Waals surface area contributed by atoms with Gasteiger partial charge in [-0.3, -0.25) is 0 Å². The summed E-state index contributed by atoms with van der Waals surface area (Å²) in [6, 6.07) is 42.3. The highest BCUT2D eigenvalue weighted by atomic mass is 14.3. The van der Waals surface area contributed by atoms with E-state index in [-0.39, 0.29) is 0 Å². The Balaban J connectivity index is 1.63. The van der Waals surface area contributed by atoms with Gasteiger partial charge in [0.15, 0.2) is 0 Å². The predicted molar refractivity (Wildman–Crippen MR) is 187 cm³/mol. The number of benzene rings is 12. The molecule has 0 amide bonds. The summed E-state index contributed by atoms with van der Waals surface area (Å²) in [6.07, 6.45) is 0.957. The molecule has 192 valence electrons. The van der Waals surface area contributed by atoms with Crippen molar-refractivity contribution < 1.29 is 0 Å². The van der Waals surface area contributed by atoms with Crippen molar-refractivity contribution in [3.63, 3.8) is 0 Å². The van der Waals surface area contributed by atoms with Crippen molar-refractivity contribution in [3.05, 3.63) is 120 Å². The van der Waals surface area contributed by atoms with E-state index < -0.39 is 0 Å². The van der Waals surface area contributed by atoms with Crippen LogP contribution in [0.15, 0.2) is 109 Å². The fraction of sp³-hybridized carbons (Fsp3) is 0.0233. The molecule has 1 aliphatic rings. The van der Waals surface area contributed by atoms with Crippen molar-refractivity contribution in [2.24, 2.45) is 0 Å². The van der Waals surface area contributed by atoms with E-state index in [9.17, 15) is 0 Å². The molecule has 0 nitrogen and oxygen atoms in total. The molecule has 0 heterocycles. The van der Waals surface area contributed by atoms with Gasteiger partial charge >= 0.3 is 0 Å². The Morgan fingerprint density at radius 1 is 0.209 bits per heavy atom. The standard InChI is InChI=1S/C43H20/c1-7-20-19-21-8-2-10-23-25-12-4-14-27-29-16-6-18-31-30-17-5-15-28-26-13-3-11-24-22(9-1)32(20)38-39(33(21)23)41(35(25)27)43(37(29)31)42(36(28)30)40(38)34(24)26/h1-18H,19H2.